The van der Waals surface area contributed by atoms with Crippen molar-refractivity contribution in [1.82, 2.24) is 20.4 Å². The van der Waals surface area contributed by atoms with Crippen molar-refractivity contribution in [2.24, 2.45) is 0 Å². The predicted molar refractivity (Wildman–Crippen MR) is 157 cm³/mol. The summed E-state index contributed by atoms with van der Waals surface area (Å²) in [6.07, 6.45) is -2.23. The molecule has 1 saturated heterocycles. The van der Waals surface area contributed by atoms with E-state index in [0.29, 0.717) is 46.1 Å². The Morgan fingerprint density at radius 1 is 1.07 bits per heavy atom. The number of urea groups is 1. The number of carbonyl (C=O) groups is 4. The summed E-state index contributed by atoms with van der Waals surface area (Å²) in [5, 5.41) is 8.73. The van der Waals surface area contributed by atoms with Crippen LogP contribution in [0.1, 0.15) is 56.2 Å². The van der Waals surface area contributed by atoms with Crippen LogP contribution in [0.4, 0.5) is 32.8 Å². The van der Waals surface area contributed by atoms with Gasteiger partial charge >= 0.3 is 18.3 Å². The van der Waals surface area contributed by atoms with E-state index in [0.717, 1.165) is 44.9 Å². The van der Waals surface area contributed by atoms with Gasteiger partial charge in [-0.1, -0.05) is 38.0 Å². The molecule has 45 heavy (non-hydrogen) atoms. The van der Waals surface area contributed by atoms with Gasteiger partial charge in [-0.15, -0.1) is 0 Å². The highest BCUT2D eigenvalue weighted by atomic mass is 19.4. The van der Waals surface area contributed by atoms with Gasteiger partial charge in [0.1, 0.15) is 18.4 Å². The Kier molecular flexibility index (Phi) is 10.7. The van der Waals surface area contributed by atoms with Crippen molar-refractivity contribution in [3.05, 3.63) is 65.0 Å². The molecule has 1 aliphatic carbocycles. The number of ether oxygens (including phenoxy) is 1. The first-order chi connectivity index (χ1) is 21.4. The van der Waals surface area contributed by atoms with Gasteiger partial charge in [-0.3, -0.25) is 9.59 Å². The second-order valence-electron chi connectivity index (χ2n) is 11.2. The molecular weight excluding hydrogens is 598 g/mol. The molecular formula is C31H37F4N5O5. The van der Waals surface area contributed by atoms with Crippen molar-refractivity contribution < 1.29 is 41.5 Å². The molecule has 0 radical (unpaired) electrons. The van der Waals surface area contributed by atoms with Gasteiger partial charge in [0, 0.05) is 37.3 Å². The molecule has 4 rings (SSSR count). The number of carbonyl (C=O) groups excluding carboxylic acids is 4. The standard InChI is InChI=1S/C31H37F4N5O5/c1-3-4-5-14-36-15-16-37-28(43)38-24-10-11-25-22(17-24)12-13-30(25)27(42)40(29(44)45-30)19-26(41)39(20(2)31(33,34)35)18-21-6-8-23(32)9-7-21/h6-11,17,20,36H,3-5,12-16,18-19H2,1-2H3,(H2,37,38,43)/t20-,30+/m0/s1. The van der Waals surface area contributed by atoms with E-state index in [2.05, 4.69) is 22.9 Å². The Hall–Kier alpha value is -4.20. The van der Waals surface area contributed by atoms with Gasteiger partial charge in [-0.25, -0.2) is 18.9 Å². The third-order valence-corrected chi connectivity index (χ3v) is 7.98. The fourth-order valence-corrected chi connectivity index (χ4v) is 5.43. The number of nitrogens with zero attached hydrogens (tertiary/aromatic N) is 2. The summed E-state index contributed by atoms with van der Waals surface area (Å²) in [5.74, 6) is -2.59. The lowest BCUT2D eigenvalue weighted by molar-refractivity contribution is -0.187. The first-order valence-corrected chi connectivity index (χ1v) is 14.9. The molecule has 2 atom stereocenters. The number of imide groups is 1. The van der Waals surface area contributed by atoms with Crippen LogP contribution in [0.2, 0.25) is 0 Å². The maximum absolute atomic E-state index is 13.7. The van der Waals surface area contributed by atoms with Crippen LogP contribution in [0.15, 0.2) is 42.5 Å². The molecule has 5 amide bonds. The molecule has 2 aliphatic rings. The van der Waals surface area contributed by atoms with Gasteiger partial charge in [0.05, 0.1) is 0 Å². The molecule has 1 heterocycles. The van der Waals surface area contributed by atoms with Crippen LogP contribution in [0.25, 0.3) is 0 Å². The molecule has 0 bridgehead atoms. The summed E-state index contributed by atoms with van der Waals surface area (Å²) >= 11 is 0. The Bertz CT molecular complexity index is 1400. The van der Waals surface area contributed by atoms with Gasteiger partial charge in [0.2, 0.25) is 11.5 Å². The molecule has 3 N–H and O–H groups in total. The van der Waals surface area contributed by atoms with Crippen LogP contribution in [-0.4, -0.2) is 72.1 Å². The highest BCUT2D eigenvalue weighted by Gasteiger charge is 2.58. The fourth-order valence-electron chi connectivity index (χ4n) is 5.43. The van der Waals surface area contributed by atoms with Gasteiger partial charge < -0.3 is 25.6 Å². The predicted octanol–water partition coefficient (Wildman–Crippen LogP) is 4.83. The Labute approximate surface area is 258 Å². The molecule has 0 unspecified atom stereocenters. The Balaban J connectivity index is 1.41. The summed E-state index contributed by atoms with van der Waals surface area (Å²) in [4.78, 5) is 53.0. The van der Waals surface area contributed by atoms with Crippen LogP contribution in [0, 0.1) is 5.82 Å². The molecule has 1 fully saturated rings. The number of hydrogen-bond donors (Lipinski definition) is 3. The average molecular weight is 636 g/mol. The zero-order valence-corrected chi connectivity index (χ0v) is 25.1. The number of aryl methyl sites for hydroxylation is 1. The van der Waals surface area contributed by atoms with Crippen molar-refractivity contribution in [3.63, 3.8) is 0 Å². The fraction of sp³-hybridized carbons (Fsp3) is 0.484. The molecule has 0 saturated carbocycles. The summed E-state index contributed by atoms with van der Waals surface area (Å²) < 4.78 is 59.9. The lowest BCUT2D eigenvalue weighted by Gasteiger charge is -2.31. The molecule has 10 nitrogen and oxygen atoms in total. The normalized spacial score (nSPS) is 18.1. The van der Waals surface area contributed by atoms with E-state index in [4.69, 9.17) is 4.74 Å². The second kappa shape index (κ2) is 14.3. The lowest BCUT2D eigenvalue weighted by Crippen LogP contribution is -2.51. The number of amides is 5. The first kappa shape index (κ1) is 33.7. The highest BCUT2D eigenvalue weighted by Crippen LogP contribution is 2.46. The third-order valence-electron chi connectivity index (χ3n) is 7.98. The van der Waals surface area contributed by atoms with Crippen LogP contribution in [0.3, 0.4) is 0 Å². The van der Waals surface area contributed by atoms with Gasteiger partial charge in [-0.2, -0.15) is 13.2 Å². The maximum atomic E-state index is 13.7. The number of rotatable bonds is 13. The van der Waals surface area contributed by atoms with E-state index in [1.165, 1.54) is 12.1 Å². The van der Waals surface area contributed by atoms with Gasteiger partial charge in [0.25, 0.3) is 5.91 Å². The number of fused-ring (bicyclic) bond motifs is 2. The van der Waals surface area contributed by atoms with Crippen LogP contribution in [-0.2, 0) is 32.9 Å². The van der Waals surface area contributed by atoms with Crippen LogP contribution >= 0.6 is 0 Å². The van der Waals surface area contributed by atoms with E-state index in [-0.39, 0.29) is 12.0 Å². The summed E-state index contributed by atoms with van der Waals surface area (Å²) in [5.41, 5.74) is -0.0164. The average Bonchev–Trinajstić information content (AvgIpc) is 3.47. The van der Waals surface area contributed by atoms with Crippen molar-refractivity contribution >= 4 is 29.6 Å². The van der Waals surface area contributed by atoms with Gasteiger partial charge in [0.15, 0.2) is 0 Å². The quantitative estimate of drug-likeness (QED) is 0.214. The number of anilines is 1. The summed E-state index contributed by atoms with van der Waals surface area (Å²) in [6.45, 7) is 3.34. The number of halogens is 4. The number of hydrogen-bond acceptors (Lipinski definition) is 6. The molecule has 244 valence electrons. The lowest BCUT2D eigenvalue weighted by atomic mass is 9.94. The van der Waals surface area contributed by atoms with Crippen molar-refractivity contribution in [2.45, 2.75) is 70.3 Å². The Morgan fingerprint density at radius 3 is 2.49 bits per heavy atom. The summed E-state index contributed by atoms with van der Waals surface area (Å²) in [6, 6.07) is 6.71. The minimum absolute atomic E-state index is 0.0647. The van der Waals surface area contributed by atoms with E-state index in [1.807, 2.05) is 0 Å². The number of alkyl halides is 3. The molecule has 0 aromatic heterocycles. The SMILES string of the molecule is CCCCCNCCNC(=O)Nc1ccc2c(c1)CC[C@@]21OC(=O)N(CC(=O)N(Cc2ccc(F)cc2)[C@@H](C)C(F)(F)F)C1=O. The zero-order valence-electron chi connectivity index (χ0n) is 25.1. The minimum atomic E-state index is -4.80. The number of benzene rings is 2. The highest BCUT2D eigenvalue weighted by molar-refractivity contribution is 6.06. The van der Waals surface area contributed by atoms with Gasteiger partial charge in [-0.05, 0) is 61.7 Å². The number of unbranched alkanes of at least 4 members (excludes halogenated alkanes) is 2. The molecule has 1 aliphatic heterocycles. The Morgan fingerprint density at radius 2 is 1.80 bits per heavy atom. The smallest absolute Gasteiger partial charge is 0.418 e. The largest absolute Gasteiger partial charge is 0.427 e. The van der Waals surface area contributed by atoms with Crippen LogP contribution in [0.5, 0.6) is 0 Å². The van der Waals surface area contributed by atoms with Crippen molar-refractivity contribution in [1.29, 1.82) is 0 Å². The minimum Gasteiger partial charge on any atom is -0.427 e. The topological polar surface area (TPSA) is 120 Å². The van der Waals surface area contributed by atoms with E-state index < -0.39 is 60.7 Å². The first-order valence-electron chi connectivity index (χ1n) is 14.9. The zero-order chi connectivity index (χ0) is 32.8. The second-order valence-corrected chi connectivity index (χ2v) is 11.2. The molecule has 14 heteroatoms. The molecule has 2 aromatic carbocycles. The van der Waals surface area contributed by atoms with Crippen molar-refractivity contribution in [2.75, 3.05) is 31.5 Å². The maximum Gasteiger partial charge on any atom is 0.418 e. The molecule has 1 spiro atoms. The van der Waals surface area contributed by atoms with E-state index >= 15 is 0 Å². The number of nitrogens with one attached hydrogen (secondary N) is 3. The third kappa shape index (κ3) is 7.91. The monoisotopic (exact) mass is 635 g/mol. The van der Waals surface area contributed by atoms with E-state index in [1.54, 1.807) is 18.2 Å². The summed E-state index contributed by atoms with van der Waals surface area (Å²) in [7, 11) is 0. The van der Waals surface area contributed by atoms with E-state index in [9.17, 15) is 36.7 Å². The molecule has 2 aromatic rings. The van der Waals surface area contributed by atoms with Crippen molar-refractivity contribution in [3.8, 4) is 0 Å². The van der Waals surface area contributed by atoms with Crippen LogP contribution < -0.4 is 16.0 Å².